The SMILES string of the molecule is C=CC(C)C1(C)Nc2ccccc2C1=O. The minimum absolute atomic E-state index is 0.109. The van der Waals surface area contributed by atoms with Crippen molar-refractivity contribution in [3.05, 3.63) is 42.5 Å². The fourth-order valence-corrected chi connectivity index (χ4v) is 1.96. The zero-order chi connectivity index (χ0) is 11.1. The van der Waals surface area contributed by atoms with Gasteiger partial charge in [0.05, 0.1) is 0 Å². The quantitative estimate of drug-likeness (QED) is 0.745. The Labute approximate surface area is 90.0 Å². The van der Waals surface area contributed by atoms with E-state index in [2.05, 4.69) is 11.9 Å². The van der Waals surface area contributed by atoms with Gasteiger partial charge >= 0.3 is 0 Å². The molecule has 78 valence electrons. The summed E-state index contributed by atoms with van der Waals surface area (Å²) in [4.78, 5) is 12.2. The highest BCUT2D eigenvalue weighted by molar-refractivity contribution is 6.13. The summed E-state index contributed by atoms with van der Waals surface area (Å²) in [5, 5.41) is 3.29. The highest BCUT2D eigenvalue weighted by Crippen LogP contribution is 2.36. The predicted molar refractivity (Wildman–Crippen MR) is 62.2 cm³/mol. The second-order valence-electron chi connectivity index (χ2n) is 4.23. The molecule has 0 radical (unpaired) electrons. The van der Waals surface area contributed by atoms with Crippen molar-refractivity contribution in [2.45, 2.75) is 19.4 Å². The van der Waals surface area contributed by atoms with Crippen LogP contribution in [-0.4, -0.2) is 11.3 Å². The molecule has 2 nitrogen and oxygen atoms in total. The van der Waals surface area contributed by atoms with E-state index in [9.17, 15) is 4.79 Å². The van der Waals surface area contributed by atoms with Gasteiger partial charge in [-0.05, 0) is 19.1 Å². The van der Waals surface area contributed by atoms with Crippen molar-refractivity contribution >= 4 is 11.5 Å². The van der Waals surface area contributed by atoms with Crippen LogP contribution in [0, 0.1) is 5.92 Å². The zero-order valence-electron chi connectivity index (χ0n) is 9.08. The lowest BCUT2D eigenvalue weighted by atomic mass is 9.83. The lowest BCUT2D eigenvalue weighted by molar-refractivity contribution is 0.0906. The molecule has 2 unspecified atom stereocenters. The van der Waals surface area contributed by atoms with E-state index in [4.69, 9.17) is 0 Å². The Hall–Kier alpha value is -1.57. The van der Waals surface area contributed by atoms with Crippen LogP contribution >= 0.6 is 0 Å². The van der Waals surface area contributed by atoms with Gasteiger partial charge in [0.25, 0.3) is 0 Å². The van der Waals surface area contributed by atoms with Gasteiger partial charge in [-0.25, -0.2) is 0 Å². The summed E-state index contributed by atoms with van der Waals surface area (Å²) in [6.07, 6.45) is 1.82. The number of nitrogens with one attached hydrogen (secondary N) is 1. The molecule has 1 aliphatic rings. The normalized spacial score (nSPS) is 25.6. The first-order chi connectivity index (χ1) is 7.09. The smallest absolute Gasteiger partial charge is 0.190 e. The van der Waals surface area contributed by atoms with Gasteiger partial charge in [-0.15, -0.1) is 6.58 Å². The van der Waals surface area contributed by atoms with Crippen LogP contribution in [0.4, 0.5) is 5.69 Å². The van der Waals surface area contributed by atoms with Crippen LogP contribution in [0.1, 0.15) is 24.2 Å². The van der Waals surface area contributed by atoms with Crippen LogP contribution in [0.5, 0.6) is 0 Å². The topological polar surface area (TPSA) is 29.1 Å². The highest BCUT2D eigenvalue weighted by atomic mass is 16.1. The van der Waals surface area contributed by atoms with Crippen LogP contribution < -0.4 is 5.32 Å². The second kappa shape index (κ2) is 3.23. The zero-order valence-corrected chi connectivity index (χ0v) is 9.08. The number of hydrogen-bond acceptors (Lipinski definition) is 2. The number of para-hydroxylation sites is 1. The number of hydrogen-bond donors (Lipinski definition) is 1. The van der Waals surface area contributed by atoms with Crippen molar-refractivity contribution in [2.24, 2.45) is 5.92 Å². The number of ketones is 1. The molecule has 2 rings (SSSR count). The fourth-order valence-electron chi connectivity index (χ4n) is 1.96. The van der Waals surface area contributed by atoms with Crippen LogP contribution in [0.2, 0.25) is 0 Å². The first kappa shape index (κ1) is 9.97. The fraction of sp³-hybridized carbons (Fsp3) is 0.308. The van der Waals surface area contributed by atoms with E-state index in [-0.39, 0.29) is 11.7 Å². The predicted octanol–water partition coefficient (Wildman–Crippen LogP) is 2.88. The average Bonchev–Trinajstić information content (AvgIpc) is 2.52. The van der Waals surface area contributed by atoms with Crippen LogP contribution in [0.3, 0.4) is 0 Å². The molecular weight excluding hydrogens is 186 g/mol. The molecule has 1 aromatic carbocycles. The number of carbonyl (C=O) groups excluding carboxylic acids is 1. The lowest BCUT2D eigenvalue weighted by Gasteiger charge is -2.28. The van der Waals surface area contributed by atoms with Gasteiger partial charge in [0.15, 0.2) is 5.78 Å². The summed E-state index contributed by atoms with van der Waals surface area (Å²) in [7, 11) is 0. The van der Waals surface area contributed by atoms with Crippen molar-refractivity contribution in [1.29, 1.82) is 0 Å². The summed E-state index contributed by atoms with van der Waals surface area (Å²) in [6, 6.07) is 7.63. The van der Waals surface area contributed by atoms with Gasteiger partial charge in [-0.2, -0.15) is 0 Å². The van der Waals surface area contributed by atoms with Crippen molar-refractivity contribution in [2.75, 3.05) is 5.32 Å². The maximum Gasteiger partial charge on any atom is 0.190 e. The summed E-state index contributed by atoms with van der Waals surface area (Å²) < 4.78 is 0. The molecule has 1 heterocycles. The number of fused-ring (bicyclic) bond motifs is 1. The number of anilines is 1. The maximum atomic E-state index is 12.2. The molecule has 15 heavy (non-hydrogen) atoms. The molecule has 1 N–H and O–H groups in total. The molecule has 0 saturated heterocycles. The van der Waals surface area contributed by atoms with E-state index in [1.54, 1.807) is 0 Å². The lowest BCUT2D eigenvalue weighted by Crippen LogP contribution is -2.43. The van der Waals surface area contributed by atoms with E-state index in [0.29, 0.717) is 0 Å². The maximum absolute atomic E-state index is 12.2. The van der Waals surface area contributed by atoms with Gasteiger partial charge < -0.3 is 5.32 Å². The third-order valence-corrected chi connectivity index (χ3v) is 3.30. The summed E-state index contributed by atoms with van der Waals surface area (Å²) in [5.41, 5.74) is 1.18. The van der Waals surface area contributed by atoms with Gasteiger partial charge in [0.2, 0.25) is 0 Å². The molecule has 0 amide bonds. The van der Waals surface area contributed by atoms with E-state index >= 15 is 0 Å². The van der Waals surface area contributed by atoms with Crippen molar-refractivity contribution in [3.63, 3.8) is 0 Å². The van der Waals surface area contributed by atoms with Gasteiger partial charge in [0.1, 0.15) is 5.54 Å². The molecule has 1 aromatic rings. The number of rotatable bonds is 2. The molecular formula is C13H15NO. The highest BCUT2D eigenvalue weighted by Gasteiger charge is 2.43. The summed E-state index contributed by atoms with van der Waals surface area (Å²) in [6.45, 7) is 7.69. The molecule has 2 atom stereocenters. The minimum Gasteiger partial charge on any atom is -0.372 e. The average molecular weight is 201 g/mol. The van der Waals surface area contributed by atoms with Crippen LogP contribution in [0.25, 0.3) is 0 Å². The largest absolute Gasteiger partial charge is 0.372 e. The summed E-state index contributed by atoms with van der Waals surface area (Å²) in [5.74, 6) is 0.267. The van der Waals surface area contributed by atoms with Crippen molar-refractivity contribution in [3.8, 4) is 0 Å². The Kier molecular flexibility index (Phi) is 2.14. The van der Waals surface area contributed by atoms with E-state index in [0.717, 1.165) is 11.3 Å². The monoisotopic (exact) mass is 201 g/mol. The molecule has 0 fully saturated rings. The third kappa shape index (κ3) is 1.29. The number of benzene rings is 1. The molecule has 1 aliphatic heterocycles. The summed E-state index contributed by atoms with van der Waals surface area (Å²) >= 11 is 0. The van der Waals surface area contributed by atoms with Crippen LogP contribution in [0.15, 0.2) is 36.9 Å². The van der Waals surface area contributed by atoms with E-state index in [1.807, 2.05) is 44.2 Å². The first-order valence-electron chi connectivity index (χ1n) is 5.14. The number of carbonyl (C=O) groups is 1. The Balaban J connectivity index is 2.46. The van der Waals surface area contributed by atoms with Crippen molar-refractivity contribution < 1.29 is 4.79 Å². The Bertz CT molecular complexity index is 424. The number of Topliss-reactive ketones (excluding diaryl/α,β-unsaturated/α-hetero) is 1. The van der Waals surface area contributed by atoms with E-state index in [1.165, 1.54) is 0 Å². The van der Waals surface area contributed by atoms with Gasteiger partial charge in [-0.3, -0.25) is 4.79 Å². The van der Waals surface area contributed by atoms with Crippen LogP contribution in [-0.2, 0) is 0 Å². The van der Waals surface area contributed by atoms with Crippen molar-refractivity contribution in [1.82, 2.24) is 0 Å². The Morgan fingerprint density at radius 1 is 1.47 bits per heavy atom. The third-order valence-electron chi connectivity index (χ3n) is 3.30. The molecule has 2 heteroatoms. The molecule has 0 bridgehead atoms. The standard InChI is InChI=1S/C13H15NO/c1-4-9(2)13(3)12(15)10-7-5-6-8-11(10)14-13/h4-9,14H,1H2,2-3H3. The van der Waals surface area contributed by atoms with E-state index < -0.39 is 5.54 Å². The van der Waals surface area contributed by atoms with Gasteiger partial charge in [0, 0.05) is 17.2 Å². The Morgan fingerprint density at radius 2 is 2.13 bits per heavy atom. The molecule has 0 aromatic heterocycles. The minimum atomic E-state index is -0.536. The molecule has 0 aliphatic carbocycles. The molecule has 0 spiro atoms. The van der Waals surface area contributed by atoms with Gasteiger partial charge in [-0.1, -0.05) is 25.1 Å². The second-order valence-corrected chi connectivity index (χ2v) is 4.23. The Morgan fingerprint density at radius 3 is 2.73 bits per heavy atom. The first-order valence-corrected chi connectivity index (χ1v) is 5.14. The molecule has 0 saturated carbocycles.